The van der Waals surface area contributed by atoms with Gasteiger partial charge in [0.25, 0.3) is 0 Å². The zero-order valence-corrected chi connectivity index (χ0v) is 9.52. The Morgan fingerprint density at radius 3 is 2.47 bits per heavy atom. The van der Waals surface area contributed by atoms with Crippen molar-refractivity contribution in [2.75, 3.05) is 13.2 Å². The molecule has 84 valence electrons. The summed E-state index contributed by atoms with van der Waals surface area (Å²) < 4.78 is 5.73. The number of benzene rings is 1. The van der Waals surface area contributed by atoms with Gasteiger partial charge in [0.05, 0.1) is 6.10 Å². The summed E-state index contributed by atoms with van der Waals surface area (Å²) in [7, 11) is 0. The smallest absolute Gasteiger partial charge is 0.0851 e. The van der Waals surface area contributed by atoms with Crippen LogP contribution in [0.25, 0.3) is 0 Å². The minimum Gasteiger partial charge on any atom is -0.396 e. The maximum Gasteiger partial charge on any atom is 0.0851 e. The number of hydrogen-bond acceptors (Lipinski definition) is 2. The van der Waals surface area contributed by atoms with Crippen molar-refractivity contribution < 1.29 is 9.84 Å². The minimum atomic E-state index is 0.100. The summed E-state index contributed by atoms with van der Waals surface area (Å²) >= 11 is 0. The Kier molecular flexibility index (Phi) is 5.37. The molecule has 2 atom stereocenters. The first-order valence-electron chi connectivity index (χ1n) is 5.57. The number of hydrogen-bond donors (Lipinski definition) is 1. The molecule has 0 aliphatic heterocycles. The van der Waals surface area contributed by atoms with Crippen molar-refractivity contribution in [2.45, 2.75) is 26.4 Å². The van der Waals surface area contributed by atoms with Gasteiger partial charge in [-0.25, -0.2) is 0 Å². The lowest BCUT2D eigenvalue weighted by Crippen LogP contribution is -2.15. The van der Waals surface area contributed by atoms with Gasteiger partial charge >= 0.3 is 0 Å². The standard InChI is InChI=1S/C13H20O2/c1-3-15-13(11(2)9-10-14)12-7-5-4-6-8-12/h4-8,11,13-14H,3,9-10H2,1-2H3/t11-,13+/m0/s1. The Balaban J connectivity index is 2.73. The van der Waals surface area contributed by atoms with Gasteiger partial charge in [0.1, 0.15) is 0 Å². The van der Waals surface area contributed by atoms with E-state index in [1.54, 1.807) is 0 Å². The Bertz CT molecular complexity index is 258. The third kappa shape index (κ3) is 3.65. The van der Waals surface area contributed by atoms with E-state index in [4.69, 9.17) is 9.84 Å². The summed E-state index contributed by atoms with van der Waals surface area (Å²) in [6.45, 7) is 5.04. The van der Waals surface area contributed by atoms with Crippen LogP contribution in [0.4, 0.5) is 0 Å². The maximum atomic E-state index is 8.95. The van der Waals surface area contributed by atoms with Crippen LogP contribution >= 0.6 is 0 Å². The average Bonchev–Trinajstić information content (AvgIpc) is 2.27. The first kappa shape index (κ1) is 12.2. The van der Waals surface area contributed by atoms with Crippen LogP contribution in [-0.2, 0) is 4.74 Å². The van der Waals surface area contributed by atoms with E-state index in [-0.39, 0.29) is 12.7 Å². The van der Waals surface area contributed by atoms with Crippen LogP contribution in [0.2, 0.25) is 0 Å². The summed E-state index contributed by atoms with van der Waals surface area (Å²) in [4.78, 5) is 0. The van der Waals surface area contributed by atoms with Crippen molar-refractivity contribution in [1.82, 2.24) is 0 Å². The lowest BCUT2D eigenvalue weighted by atomic mass is 9.95. The second kappa shape index (κ2) is 6.59. The third-order valence-electron chi connectivity index (χ3n) is 2.58. The zero-order valence-electron chi connectivity index (χ0n) is 9.52. The fourth-order valence-electron chi connectivity index (χ4n) is 1.77. The molecule has 0 aromatic heterocycles. The SMILES string of the molecule is CCO[C@@H](c1ccccc1)[C@@H](C)CCO. The number of rotatable bonds is 6. The van der Waals surface area contributed by atoms with Crippen LogP contribution in [0.5, 0.6) is 0 Å². The molecule has 0 saturated carbocycles. The summed E-state index contributed by atoms with van der Waals surface area (Å²) in [5.74, 6) is 0.345. The van der Waals surface area contributed by atoms with Crippen LogP contribution < -0.4 is 0 Å². The number of aliphatic hydroxyl groups excluding tert-OH is 1. The van der Waals surface area contributed by atoms with E-state index in [1.165, 1.54) is 5.56 Å². The van der Waals surface area contributed by atoms with Crippen molar-refractivity contribution in [2.24, 2.45) is 5.92 Å². The minimum absolute atomic E-state index is 0.100. The molecule has 1 aromatic rings. The van der Waals surface area contributed by atoms with Gasteiger partial charge in [0.15, 0.2) is 0 Å². The summed E-state index contributed by atoms with van der Waals surface area (Å²) in [6, 6.07) is 10.2. The van der Waals surface area contributed by atoms with E-state index in [0.29, 0.717) is 12.5 Å². The average molecular weight is 208 g/mol. The molecule has 2 heteroatoms. The Morgan fingerprint density at radius 1 is 1.27 bits per heavy atom. The lowest BCUT2D eigenvalue weighted by Gasteiger charge is -2.23. The zero-order chi connectivity index (χ0) is 11.1. The van der Waals surface area contributed by atoms with E-state index >= 15 is 0 Å². The second-order valence-corrected chi connectivity index (χ2v) is 3.78. The quantitative estimate of drug-likeness (QED) is 0.779. The molecule has 0 heterocycles. The molecule has 0 fully saturated rings. The van der Waals surface area contributed by atoms with Crippen LogP contribution in [0, 0.1) is 5.92 Å². The Hall–Kier alpha value is -0.860. The van der Waals surface area contributed by atoms with Crippen LogP contribution in [-0.4, -0.2) is 18.3 Å². The predicted octanol–water partition coefficient (Wildman–Crippen LogP) is 2.78. The first-order valence-corrected chi connectivity index (χ1v) is 5.57. The van der Waals surface area contributed by atoms with Gasteiger partial charge in [-0.2, -0.15) is 0 Å². The molecule has 2 nitrogen and oxygen atoms in total. The molecule has 0 aliphatic carbocycles. The Labute approximate surface area is 91.9 Å². The van der Waals surface area contributed by atoms with Gasteiger partial charge in [0, 0.05) is 13.2 Å². The second-order valence-electron chi connectivity index (χ2n) is 3.78. The van der Waals surface area contributed by atoms with E-state index < -0.39 is 0 Å². The largest absolute Gasteiger partial charge is 0.396 e. The Morgan fingerprint density at radius 2 is 1.93 bits per heavy atom. The molecule has 0 amide bonds. The molecular formula is C13H20O2. The van der Waals surface area contributed by atoms with Crippen molar-refractivity contribution in [3.8, 4) is 0 Å². The van der Waals surface area contributed by atoms with E-state index in [1.807, 2.05) is 25.1 Å². The van der Waals surface area contributed by atoms with Crippen molar-refractivity contribution in [3.05, 3.63) is 35.9 Å². The van der Waals surface area contributed by atoms with Gasteiger partial charge in [-0.3, -0.25) is 0 Å². The monoisotopic (exact) mass is 208 g/mol. The van der Waals surface area contributed by atoms with Crippen LogP contribution in [0.1, 0.15) is 31.9 Å². The van der Waals surface area contributed by atoms with E-state index in [9.17, 15) is 0 Å². The molecule has 0 radical (unpaired) electrons. The maximum absolute atomic E-state index is 8.95. The summed E-state index contributed by atoms with van der Waals surface area (Å²) in [5, 5.41) is 8.95. The van der Waals surface area contributed by atoms with Crippen molar-refractivity contribution in [1.29, 1.82) is 0 Å². The fraction of sp³-hybridized carbons (Fsp3) is 0.538. The first-order chi connectivity index (χ1) is 7.29. The van der Waals surface area contributed by atoms with Gasteiger partial charge < -0.3 is 9.84 Å². The molecule has 0 aliphatic rings. The molecule has 1 aromatic carbocycles. The number of ether oxygens (including phenoxy) is 1. The highest BCUT2D eigenvalue weighted by molar-refractivity contribution is 5.18. The summed E-state index contributed by atoms with van der Waals surface area (Å²) in [5.41, 5.74) is 1.19. The van der Waals surface area contributed by atoms with Gasteiger partial charge in [-0.1, -0.05) is 37.3 Å². The molecule has 0 bridgehead atoms. The van der Waals surface area contributed by atoms with E-state index in [2.05, 4.69) is 19.1 Å². The third-order valence-corrected chi connectivity index (χ3v) is 2.58. The highest BCUT2D eigenvalue weighted by Crippen LogP contribution is 2.27. The molecule has 0 spiro atoms. The highest BCUT2D eigenvalue weighted by atomic mass is 16.5. The molecule has 1 N–H and O–H groups in total. The van der Waals surface area contributed by atoms with Gasteiger partial charge in [-0.15, -0.1) is 0 Å². The molecule has 15 heavy (non-hydrogen) atoms. The van der Waals surface area contributed by atoms with E-state index in [0.717, 1.165) is 6.42 Å². The predicted molar refractivity (Wildman–Crippen MR) is 61.7 cm³/mol. The molecule has 0 saturated heterocycles. The fourth-order valence-corrected chi connectivity index (χ4v) is 1.77. The van der Waals surface area contributed by atoms with Crippen LogP contribution in [0.3, 0.4) is 0 Å². The molecular weight excluding hydrogens is 188 g/mol. The van der Waals surface area contributed by atoms with Crippen molar-refractivity contribution >= 4 is 0 Å². The lowest BCUT2D eigenvalue weighted by molar-refractivity contribution is 0.0161. The summed E-state index contributed by atoms with van der Waals surface area (Å²) in [6.07, 6.45) is 0.878. The molecule has 1 rings (SSSR count). The number of aliphatic hydroxyl groups is 1. The van der Waals surface area contributed by atoms with Crippen LogP contribution in [0.15, 0.2) is 30.3 Å². The highest BCUT2D eigenvalue weighted by Gasteiger charge is 2.18. The normalized spacial score (nSPS) is 14.9. The van der Waals surface area contributed by atoms with Gasteiger partial charge in [-0.05, 0) is 24.8 Å². The van der Waals surface area contributed by atoms with Gasteiger partial charge in [0.2, 0.25) is 0 Å². The van der Waals surface area contributed by atoms with Crippen molar-refractivity contribution in [3.63, 3.8) is 0 Å². The molecule has 0 unspecified atom stereocenters. The topological polar surface area (TPSA) is 29.5 Å².